The maximum atomic E-state index is 6.24. The first kappa shape index (κ1) is 19.5. The van der Waals surface area contributed by atoms with Crippen molar-refractivity contribution >= 4 is 26.7 Å². The highest BCUT2D eigenvalue weighted by Gasteiger charge is 2.30. The summed E-state index contributed by atoms with van der Waals surface area (Å²) in [6.07, 6.45) is 2.22. The summed E-state index contributed by atoms with van der Waals surface area (Å²) in [5.74, 6) is 2.81. The molecule has 0 bridgehead atoms. The van der Waals surface area contributed by atoms with Crippen LogP contribution in [0, 0.1) is 5.92 Å². The van der Waals surface area contributed by atoms with E-state index in [2.05, 4.69) is 41.1 Å². The summed E-state index contributed by atoms with van der Waals surface area (Å²) in [6.45, 7) is 3.63. The van der Waals surface area contributed by atoms with E-state index in [1.807, 2.05) is 18.2 Å². The average Bonchev–Trinajstić information content (AvgIpc) is 3.23. The predicted octanol–water partition coefficient (Wildman–Crippen LogP) is 4.25. The fourth-order valence-corrected chi connectivity index (χ4v) is 5.28. The van der Waals surface area contributed by atoms with Crippen LogP contribution < -0.4 is 19.1 Å². The summed E-state index contributed by atoms with van der Waals surface area (Å²) in [4.78, 5) is 9.52. The molecule has 1 saturated heterocycles. The number of para-hydroxylation sites is 2. The summed E-state index contributed by atoms with van der Waals surface area (Å²) >= 11 is 1.79. The van der Waals surface area contributed by atoms with Gasteiger partial charge in [-0.05, 0) is 50.1 Å². The summed E-state index contributed by atoms with van der Waals surface area (Å²) in [6, 6.07) is 14.1. The van der Waals surface area contributed by atoms with E-state index in [4.69, 9.17) is 19.2 Å². The maximum Gasteiger partial charge on any atom is 0.205 e. The molecule has 3 aromatic rings. The van der Waals surface area contributed by atoms with Gasteiger partial charge in [0.05, 0.1) is 17.3 Å². The Hall–Kier alpha value is -2.51. The fraction of sp³-hybridized carbons (Fsp3) is 0.435. The minimum Gasteiger partial charge on any atom is -0.493 e. The molecular weight excluding hydrogens is 398 g/mol. The van der Waals surface area contributed by atoms with Gasteiger partial charge in [0.1, 0.15) is 6.61 Å². The van der Waals surface area contributed by atoms with E-state index >= 15 is 0 Å². The number of nitrogens with zero attached hydrogens (tertiary/aromatic N) is 3. The van der Waals surface area contributed by atoms with E-state index in [9.17, 15) is 0 Å². The van der Waals surface area contributed by atoms with Crippen LogP contribution in [0.1, 0.15) is 12.8 Å². The van der Waals surface area contributed by atoms with Crippen LogP contribution in [0.15, 0.2) is 42.5 Å². The molecule has 1 aromatic heterocycles. The first-order valence-corrected chi connectivity index (χ1v) is 11.3. The number of thiazole rings is 1. The predicted molar refractivity (Wildman–Crippen MR) is 120 cm³/mol. The molecule has 0 aliphatic carbocycles. The van der Waals surface area contributed by atoms with Crippen molar-refractivity contribution in [2.45, 2.75) is 19.1 Å². The van der Waals surface area contributed by atoms with Gasteiger partial charge < -0.3 is 19.1 Å². The number of hydrogen-bond acceptors (Lipinski definition) is 7. The first-order valence-electron chi connectivity index (χ1n) is 10.5. The molecule has 2 aromatic carbocycles. The summed E-state index contributed by atoms with van der Waals surface area (Å²) in [5, 5.41) is 1.15. The second kappa shape index (κ2) is 8.32. The smallest absolute Gasteiger partial charge is 0.205 e. The molecule has 6 nitrogen and oxygen atoms in total. The zero-order valence-corrected chi connectivity index (χ0v) is 18.2. The number of ether oxygens (including phenoxy) is 3. The molecule has 2 aliphatic heterocycles. The first-order chi connectivity index (χ1) is 14.7. The topological polar surface area (TPSA) is 47.1 Å². The van der Waals surface area contributed by atoms with E-state index in [1.165, 1.54) is 4.70 Å². The Morgan fingerprint density at radius 1 is 1.17 bits per heavy atom. The van der Waals surface area contributed by atoms with Crippen LogP contribution in [-0.2, 0) is 0 Å². The van der Waals surface area contributed by atoms with Crippen molar-refractivity contribution in [1.82, 2.24) is 9.88 Å². The normalized spacial score (nSPS) is 19.4. The third-order valence-electron chi connectivity index (χ3n) is 6.00. The molecule has 5 rings (SSSR count). The van der Waals surface area contributed by atoms with Crippen molar-refractivity contribution in [1.29, 1.82) is 0 Å². The Bertz CT molecular complexity index is 969. The number of anilines is 1. The zero-order valence-electron chi connectivity index (χ0n) is 17.4. The van der Waals surface area contributed by atoms with Crippen molar-refractivity contribution in [3.8, 4) is 17.2 Å². The molecule has 7 heteroatoms. The Morgan fingerprint density at radius 3 is 2.80 bits per heavy atom. The number of methoxy groups -OCH3 is 1. The number of benzene rings is 2. The number of fused-ring (bicyclic) bond motifs is 2. The largest absolute Gasteiger partial charge is 0.493 e. The van der Waals surface area contributed by atoms with Crippen LogP contribution in [0.4, 0.5) is 5.13 Å². The highest BCUT2D eigenvalue weighted by atomic mass is 32.1. The van der Waals surface area contributed by atoms with Crippen LogP contribution in [0.25, 0.3) is 10.2 Å². The lowest BCUT2D eigenvalue weighted by molar-refractivity contribution is -0.0250. The van der Waals surface area contributed by atoms with Crippen molar-refractivity contribution in [3.05, 3.63) is 42.5 Å². The second-order valence-electron chi connectivity index (χ2n) is 8.01. The minimum absolute atomic E-state index is 0.101. The molecule has 0 saturated carbocycles. The van der Waals surface area contributed by atoms with Crippen molar-refractivity contribution in [2.24, 2.45) is 5.92 Å². The minimum atomic E-state index is -0.101. The van der Waals surface area contributed by atoms with Crippen LogP contribution in [0.3, 0.4) is 0 Å². The van der Waals surface area contributed by atoms with E-state index in [0.717, 1.165) is 54.6 Å². The maximum absolute atomic E-state index is 6.24. The van der Waals surface area contributed by atoms with Gasteiger partial charge in [0.25, 0.3) is 0 Å². The molecule has 2 aliphatic rings. The van der Waals surface area contributed by atoms with E-state index < -0.39 is 0 Å². The Morgan fingerprint density at radius 2 is 2.00 bits per heavy atom. The highest BCUT2D eigenvalue weighted by molar-refractivity contribution is 7.22. The van der Waals surface area contributed by atoms with Crippen molar-refractivity contribution in [3.63, 3.8) is 0 Å². The van der Waals surface area contributed by atoms with Gasteiger partial charge in [-0.25, -0.2) is 4.98 Å². The lowest BCUT2D eigenvalue weighted by Gasteiger charge is -2.37. The van der Waals surface area contributed by atoms with E-state index in [-0.39, 0.29) is 6.23 Å². The molecule has 0 spiro atoms. The number of piperidine rings is 1. The molecule has 158 valence electrons. The summed E-state index contributed by atoms with van der Waals surface area (Å²) in [7, 11) is 3.78. The number of rotatable bonds is 5. The lowest BCUT2D eigenvalue weighted by atomic mass is 9.96. The summed E-state index contributed by atoms with van der Waals surface area (Å²) in [5.41, 5.74) is 1.10. The monoisotopic (exact) mass is 425 g/mol. The van der Waals surface area contributed by atoms with Gasteiger partial charge >= 0.3 is 0 Å². The number of likely N-dealkylation sites (N-methyl/N-ethyl adjacent to an activating group) is 1. The van der Waals surface area contributed by atoms with Gasteiger partial charge in [-0.1, -0.05) is 29.5 Å². The van der Waals surface area contributed by atoms with Crippen LogP contribution in [0.2, 0.25) is 0 Å². The van der Waals surface area contributed by atoms with E-state index in [1.54, 1.807) is 18.4 Å². The van der Waals surface area contributed by atoms with Gasteiger partial charge in [-0.3, -0.25) is 4.90 Å². The van der Waals surface area contributed by atoms with Crippen molar-refractivity contribution < 1.29 is 14.2 Å². The Kier molecular flexibility index (Phi) is 5.39. The SMILES string of the molecule is COc1cccc2c1OC(N(C)CC1CCN(c3nc4ccccc4s3)CC1)CO2. The Balaban J connectivity index is 1.17. The van der Waals surface area contributed by atoms with Crippen molar-refractivity contribution in [2.75, 3.05) is 45.3 Å². The quantitative estimate of drug-likeness (QED) is 0.609. The van der Waals surface area contributed by atoms with Gasteiger partial charge in [0.15, 0.2) is 22.9 Å². The zero-order chi connectivity index (χ0) is 20.5. The Labute approximate surface area is 181 Å². The second-order valence-corrected chi connectivity index (χ2v) is 9.01. The van der Waals surface area contributed by atoms with Crippen LogP contribution >= 0.6 is 11.3 Å². The molecule has 0 N–H and O–H groups in total. The molecule has 0 amide bonds. The lowest BCUT2D eigenvalue weighted by Crippen LogP contribution is -2.47. The van der Waals surface area contributed by atoms with Gasteiger partial charge in [-0.15, -0.1) is 0 Å². The van der Waals surface area contributed by atoms with Gasteiger partial charge in [0.2, 0.25) is 5.75 Å². The number of aromatic nitrogens is 1. The summed E-state index contributed by atoms with van der Waals surface area (Å²) < 4.78 is 18.9. The highest BCUT2D eigenvalue weighted by Crippen LogP contribution is 2.40. The molecule has 1 atom stereocenters. The molecule has 30 heavy (non-hydrogen) atoms. The van der Waals surface area contributed by atoms with Crippen LogP contribution in [-0.4, -0.2) is 56.5 Å². The molecule has 1 fully saturated rings. The standard InChI is InChI=1S/C23H27N3O3S/c1-25(21-15-28-19-8-5-7-18(27-2)22(19)29-21)14-16-10-12-26(13-11-16)23-24-17-6-3-4-9-20(17)30-23/h3-9,16,21H,10-15H2,1-2H3. The third-order valence-corrected chi connectivity index (χ3v) is 7.10. The molecule has 1 unspecified atom stereocenters. The fourth-order valence-electron chi connectivity index (χ4n) is 4.26. The average molecular weight is 426 g/mol. The van der Waals surface area contributed by atoms with Crippen LogP contribution in [0.5, 0.6) is 17.2 Å². The van der Waals surface area contributed by atoms with Gasteiger partial charge in [0, 0.05) is 19.6 Å². The third kappa shape index (κ3) is 3.79. The number of hydrogen-bond donors (Lipinski definition) is 0. The molecule has 3 heterocycles. The molecule has 0 radical (unpaired) electrons. The molecular formula is C23H27N3O3S. The van der Waals surface area contributed by atoms with Gasteiger partial charge in [-0.2, -0.15) is 0 Å². The van der Waals surface area contributed by atoms with E-state index in [0.29, 0.717) is 18.3 Å².